The maximum atomic E-state index is 13.0. The molecule has 140 valence electrons. The summed E-state index contributed by atoms with van der Waals surface area (Å²) in [5.74, 6) is 0.290. The van der Waals surface area contributed by atoms with Crippen LogP contribution in [0.2, 0.25) is 5.02 Å². The van der Waals surface area contributed by atoms with Gasteiger partial charge in [-0.1, -0.05) is 48.0 Å². The molecule has 2 fully saturated rings. The first-order chi connectivity index (χ1) is 13.0. The van der Waals surface area contributed by atoms with E-state index in [1.165, 1.54) is 5.56 Å². The fraction of sp³-hybridized carbons (Fsp3) is 0.364. The number of amides is 2. The molecule has 2 aliphatic heterocycles. The summed E-state index contributed by atoms with van der Waals surface area (Å²) in [5, 5.41) is 3.67. The van der Waals surface area contributed by atoms with E-state index in [0.29, 0.717) is 43.1 Å². The first-order valence-corrected chi connectivity index (χ1v) is 9.78. The van der Waals surface area contributed by atoms with E-state index >= 15 is 0 Å². The standard InChI is InChI=1S/C22H23ClN2O2/c1-15-17(8-5-9-19(15)23)20(26)25-12-10-22(11-13-25)18(14-24-21(22)27)16-6-3-2-4-7-16/h2-9,18H,10-14H2,1H3,(H,24,27). The molecule has 4 rings (SSSR count). The molecule has 0 bridgehead atoms. The van der Waals surface area contributed by atoms with E-state index in [2.05, 4.69) is 17.4 Å². The third-order valence-electron chi connectivity index (χ3n) is 6.23. The van der Waals surface area contributed by atoms with Crippen LogP contribution in [0.15, 0.2) is 48.5 Å². The Balaban J connectivity index is 1.54. The lowest BCUT2D eigenvalue weighted by atomic mass is 9.68. The van der Waals surface area contributed by atoms with Crippen LogP contribution in [0.5, 0.6) is 0 Å². The van der Waals surface area contributed by atoms with Gasteiger partial charge in [-0.15, -0.1) is 0 Å². The van der Waals surface area contributed by atoms with Gasteiger partial charge in [-0.3, -0.25) is 9.59 Å². The van der Waals surface area contributed by atoms with E-state index in [-0.39, 0.29) is 17.7 Å². The number of nitrogens with zero attached hydrogens (tertiary/aromatic N) is 1. The number of halogens is 1. The van der Waals surface area contributed by atoms with E-state index in [9.17, 15) is 9.59 Å². The molecule has 0 saturated carbocycles. The number of hydrogen-bond acceptors (Lipinski definition) is 2. The molecular weight excluding hydrogens is 360 g/mol. The van der Waals surface area contributed by atoms with Crippen molar-refractivity contribution in [3.05, 3.63) is 70.2 Å². The second-order valence-corrected chi connectivity index (χ2v) is 7.94. The Bertz CT molecular complexity index is 873. The summed E-state index contributed by atoms with van der Waals surface area (Å²) < 4.78 is 0. The van der Waals surface area contributed by atoms with Gasteiger partial charge in [0.05, 0.1) is 5.41 Å². The number of carbonyl (C=O) groups is 2. The Labute approximate surface area is 164 Å². The van der Waals surface area contributed by atoms with E-state index in [1.807, 2.05) is 42.2 Å². The summed E-state index contributed by atoms with van der Waals surface area (Å²) in [5.41, 5.74) is 2.24. The molecule has 0 aliphatic carbocycles. The van der Waals surface area contributed by atoms with Gasteiger partial charge in [-0.05, 0) is 43.0 Å². The molecule has 4 nitrogen and oxygen atoms in total. The molecule has 1 spiro atoms. The second kappa shape index (κ2) is 7.01. The fourth-order valence-corrected chi connectivity index (χ4v) is 4.72. The van der Waals surface area contributed by atoms with Gasteiger partial charge in [0, 0.05) is 36.1 Å². The highest BCUT2D eigenvalue weighted by Crippen LogP contribution is 2.47. The quantitative estimate of drug-likeness (QED) is 0.859. The van der Waals surface area contributed by atoms with Crippen molar-refractivity contribution in [2.45, 2.75) is 25.7 Å². The van der Waals surface area contributed by atoms with Crippen molar-refractivity contribution in [3.8, 4) is 0 Å². The zero-order chi connectivity index (χ0) is 19.0. The number of carbonyl (C=O) groups excluding carboxylic acids is 2. The molecule has 1 unspecified atom stereocenters. The Morgan fingerprint density at radius 2 is 1.81 bits per heavy atom. The summed E-state index contributed by atoms with van der Waals surface area (Å²) in [6.45, 7) is 3.71. The van der Waals surface area contributed by atoms with Crippen molar-refractivity contribution >= 4 is 23.4 Å². The SMILES string of the molecule is Cc1c(Cl)cccc1C(=O)N1CCC2(CC1)C(=O)NCC2c1ccccc1. The number of nitrogens with one attached hydrogen (secondary N) is 1. The first kappa shape index (κ1) is 18.1. The molecule has 2 amide bonds. The molecule has 2 aromatic carbocycles. The number of rotatable bonds is 2. The molecule has 0 radical (unpaired) electrons. The minimum absolute atomic E-state index is 0.000448. The van der Waals surface area contributed by atoms with Crippen LogP contribution >= 0.6 is 11.6 Å². The van der Waals surface area contributed by atoms with Crippen LogP contribution in [0.25, 0.3) is 0 Å². The van der Waals surface area contributed by atoms with Crippen molar-refractivity contribution in [2.24, 2.45) is 5.41 Å². The van der Waals surface area contributed by atoms with Crippen molar-refractivity contribution in [2.75, 3.05) is 19.6 Å². The van der Waals surface area contributed by atoms with Gasteiger partial charge in [-0.25, -0.2) is 0 Å². The van der Waals surface area contributed by atoms with Crippen molar-refractivity contribution < 1.29 is 9.59 Å². The normalized spacial score (nSPS) is 21.3. The topological polar surface area (TPSA) is 49.4 Å². The first-order valence-electron chi connectivity index (χ1n) is 9.40. The number of piperidine rings is 1. The van der Waals surface area contributed by atoms with Gasteiger partial charge in [0.2, 0.25) is 5.91 Å². The third-order valence-corrected chi connectivity index (χ3v) is 6.64. The molecular formula is C22H23ClN2O2. The Morgan fingerprint density at radius 1 is 1.11 bits per heavy atom. The summed E-state index contributed by atoms with van der Waals surface area (Å²) in [7, 11) is 0. The van der Waals surface area contributed by atoms with Gasteiger partial charge in [0.25, 0.3) is 5.91 Å². The van der Waals surface area contributed by atoms with E-state index in [4.69, 9.17) is 11.6 Å². The number of benzene rings is 2. The van der Waals surface area contributed by atoms with Crippen LogP contribution in [-0.4, -0.2) is 36.3 Å². The lowest BCUT2D eigenvalue weighted by molar-refractivity contribution is -0.130. The zero-order valence-corrected chi connectivity index (χ0v) is 16.1. The second-order valence-electron chi connectivity index (χ2n) is 7.53. The average Bonchev–Trinajstić information content (AvgIpc) is 3.01. The number of likely N-dealkylation sites (tertiary alicyclic amines) is 1. The molecule has 5 heteroatoms. The van der Waals surface area contributed by atoms with Crippen LogP contribution in [0, 0.1) is 12.3 Å². The predicted molar refractivity (Wildman–Crippen MR) is 106 cm³/mol. The lowest BCUT2D eigenvalue weighted by Crippen LogP contribution is -2.48. The largest absolute Gasteiger partial charge is 0.355 e. The van der Waals surface area contributed by atoms with Gasteiger partial charge in [-0.2, -0.15) is 0 Å². The Morgan fingerprint density at radius 3 is 2.52 bits per heavy atom. The van der Waals surface area contributed by atoms with Crippen LogP contribution in [0.1, 0.15) is 40.2 Å². The highest BCUT2D eigenvalue weighted by molar-refractivity contribution is 6.31. The van der Waals surface area contributed by atoms with Gasteiger partial charge >= 0.3 is 0 Å². The van der Waals surface area contributed by atoms with Crippen molar-refractivity contribution in [3.63, 3.8) is 0 Å². The maximum Gasteiger partial charge on any atom is 0.254 e. The van der Waals surface area contributed by atoms with Gasteiger partial charge in [0.15, 0.2) is 0 Å². The fourth-order valence-electron chi connectivity index (χ4n) is 4.54. The molecule has 1 N–H and O–H groups in total. The van der Waals surface area contributed by atoms with Crippen LogP contribution in [0.4, 0.5) is 0 Å². The third kappa shape index (κ3) is 3.02. The van der Waals surface area contributed by atoms with E-state index in [0.717, 1.165) is 5.56 Å². The number of hydrogen-bond donors (Lipinski definition) is 1. The van der Waals surface area contributed by atoms with Gasteiger partial charge in [0.1, 0.15) is 0 Å². The summed E-state index contributed by atoms with van der Waals surface area (Å²) in [6, 6.07) is 15.7. The highest BCUT2D eigenvalue weighted by Gasteiger charge is 2.52. The smallest absolute Gasteiger partial charge is 0.254 e. The minimum Gasteiger partial charge on any atom is -0.355 e. The predicted octanol–water partition coefficient (Wildman–Crippen LogP) is 3.78. The Kier molecular flexibility index (Phi) is 4.68. The maximum absolute atomic E-state index is 13.0. The molecule has 0 aromatic heterocycles. The van der Waals surface area contributed by atoms with Crippen molar-refractivity contribution in [1.29, 1.82) is 0 Å². The molecule has 27 heavy (non-hydrogen) atoms. The summed E-state index contributed by atoms with van der Waals surface area (Å²) in [6.07, 6.45) is 1.37. The van der Waals surface area contributed by atoms with Crippen LogP contribution in [-0.2, 0) is 4.79 Å². The van der Waals surface area contributed by atoms with Crippen molar-refractivity contribution in [1.82, 2.24) is 10.2 Å². The summed E-state index contributed by atoms with van der Waals surface area (Å²) in [4.78, 5) is 27.6. The molecule has 2 saturated heterocycles. The monoisotopic (exact) mass is 382 g/mol. The lowest BCUT2D eigenvalue weighted by Gasteiger charge is -2.41. The summed E-state index contributed by atoms with van der Waals surface area (Å²) >= 11 is 6.18. The molecule has 1 atom stereocenters. The van der Waals surface area contributed by atoms with Gasteiger partial charge < -0.3 is 10.2 Å². The highest BCUT2D eigenvalue weighted by atomic mass is 35.5. The Hall–Kier alpha value is -2.33. The van der Waals surface area contributed by atoms with E-state index < -0.39 is 5.41 Å². The average molecular weight is 383 g/mol. The molecule has 2 aromatic rings. The minimum atomic E-state index is -0.415. The van der Waals surface area contributed by atoms with Crippen LogP contribution < -0.4 is 5.32 Å². The molecule has 2 heterocycles. The van der Waals surface area contributed by atoms with E-state index in [1.54, 1.807) is 6.07 Å². The molecule has 2 aliphatic rings. The zero-order valence-electron chi connectivity index (χ0n) is 15.4. The van der Waals surface area contributed by atoms with Crippen LogP contribution in [0.3, 0.4) is 0 Å².